The van der Waals surface area contributed by atoms with Gasteiger partial charge in [0, 0.05) is 25.2 Å². The number of fused-ring (bicyclic) bond motifs is 2. The van der Waals surface area contributed by atoms with Gasteiger partial charge in [0.2, 0.25) is 0 Å². The van der Waals surface area contributed by atoms with Crippen molar-refractivity contribution >= 4 is 17.3 Å². The molecule has 0 saturated carbocycles. The van der Waals surface area contributed by atoms with Gasteiger partial charge in [-0.05, 0) is 36.5 Å². The fourth-order valence-electron chi connectivity index (χ4n) is 3.72. The second kappa shape index (κ2) is 7.17. The van der Waals surface area contributed by atoms with Crippen LogP contribution in [0.25, 0.3) is 5.57 Å². The second-order valence-corrected chi connectivity index (χ2v) is 7.64. The molecule has 1 aliphatic carbocycles. The monoisotopic (exact) mass is 367 g/mol. The van der Waals surface area contributed by atoms with Gasteiger partial charge in [0.05, 0.1) is 30.6 Å². The first kappa shape index (κ1) is 17.8. The number of carbonyl (C=O) groups excluding carboxylic acids is 1. The van der Waals surface area contributed by atoms with Crippen molar-refractivity contribution in [2.45, 2.75) is 46.0 Å². The normalized spacial score (nSPS) is 17.0. The Hall–Kier alpha value is -2.64. The van der Waals surface area contributed by atoms with E-state index in [9.17, 15) is 4.79 Å². The van der Waals surface area contributed by atoms with Gasteiger partial charge in [-0.15, -0.1) is 5.10 Å². The summed E-state index contributed by atoms with van der Waals surface area (Å²) in [5.74, 6) is 0.878. The number of aromatic nitrogens is 6. The Morgan fingerprint density at radius 3 is 2.85 bits per heavy atom. The Kier molecular flexibility index (Phi) is 4.72. The van der Waals surface area contributed by atoms with Gasteiger partial charge >= 0.3 is 0 Å². The standard InChI is InChI=1S/C19H25N7O/c1-12(2)17(27)9-14-10-20-18-15-11-26(19-22-24-25(3)23-19)8-7-13(15)5-4-6-16(18)21-14/h10,12H,4-9,11H2,1-3H3. The molecule has 3 heterocycles. The largest absolute Gasteiger partial charge is 0.333 e. The third kappa shape index (κ3) is 3.61. The lowest BCUT2D eigenvalue weighted by Crippen LogP contribution is -2.32. The highest BCUT2D eigenvalue weighted by Gasteiger charge is 2.27. The third-order valence-corrected chi connectivity index (χ3v) is 5.31. The first-order chi connectivity index (χ1) is 13.0. The number of hydrogen-bond donors (Lipinski definition) is 0. The molecular weight excluding hydrogens is 342 g/mol. The molecule has 0 unspecified atom stereocenters. The van der Waals surface area contributed by atoms with Crippen molar-refractivity contribution in [3.05, 3.63) is 28.9 Å². The smallest absolute Gasteiger partial charge is 0.266 e. The Balaban J connectivity index is 1.63. The number of anilines is 1. The van der Waals surface area contributed by atoms with E-state index in [1.165, 1.54) is 15.9 Å². The molecule has 0 aromatic carbocycles. The van der Waals surface area contributed by atoms with Gasteiger partial charge in [-0.25, -0.2) is 0 Å². The van der Waals surface area contributed by atoms with E-state index in [4.69, 9.17) is 9.97 Å². The third-order valence-electron chi connectivity index (χ3n) is 5.31. The number of Topliss-reactive ketones (excluding diaryl/α,β-unsaturated/α-hetero) is 1. The SMILES string of the molecule is CC(C)C(=O)Cc1cnc2c(n1)CCCC1=C2CN(c2nnn(C)n2)CC1. The summed E-state index contributed by atoms with van der Waals surface area (Å²) >= 11 is 0. The van der Waals surface area contributed by atoms with E-state index in [2.05, 4.69) is 20.3 Å². The average Bonchev–Trinajstić information content (AvgIpc) is 3.00. The number of rotatable bonds is 4. The van der Waals surface area contributed by atoms with Crippen LogP contribution in [0.4, 0.5) is 5.95 Å². The van der Waals surface area contributed by atoms with E-state index in [0.29, 0.717) is 12.4 Å². The van der Waals surface area contributed by atoms with E-state index in [1.54, 1.807) is 13.2 Å². The predicted octanol–water partition coefficient (Wildman–Crippen LogP) is 1.77. The maximum Gasteiger partial charge on any atom is 0.266 e. The van der Waals surface area contributed by atoms with Crippen LogP contribution in [0.5, 0.6) is 0 Å². The summed E-state index contributed by atoms with van der Waals surface area (Å²) < 4.78 is 0. The number of ketones is 1. The van der Waals surface area contributed by atoms with Crippen LogP contribution < -0.4 is 4.90 Å². The van der Waals surface area contributed by atoms with E-state index < -0.39 is 0 Å². The fraction of sp³-hybridized carbons (Fsp3) is 0.579. The van der Waals surface area contributed by atoms with E-state index in [-0.39, 0.29) is 11.7 Å². The van der Waals surface area contributed by atoms with Crippen molar-refractivity contribution in [1.82, 2.24) is 30.2 Å². The van der Waals surface area contributed by atoms with Crippen LogP contribution >= 0.6 is 0 Å². The number of hydrogen-bond acceptors (Lipinski definition) is 7. The molecule has 1 aliphatic heterocycles. The van der Waals surface area contributed by atoms with Gasteiger partial charge in [0.15, 0.2) is 0 Å². The summed E-state index contributed by atoms with van der Waals surface area (Å²) in [6.07, 6.45) is 6.18. The molecule has 2 aromatic rings. The van der Waals surface area contributed by atoms with Crippen LogP contribution in [0.15, 0.2) is 11.8 Å². The van der Waals surface area contributed by atoms with Gasteiger partial charge < -0.3 is 4.90 Å². The van der Waals surface area contributed by atoms with Gasteiger partial charge in [-0.2, -0.15) is 4.80 Å². The lowest BCUT2D eigenvalue weighted by molar-refractivity contribution is -0.121. The molecule has 0 fully saturated rings. The van der Waals surface area contributed by atoms with E-state index in [1.807, 2.05) is 13.8 Å². The molecule has 2 aromatic heterocycles. The minimum absolute atomic E-state index is 0.0197. The molecule has 2 aliphatic rings. The minimum atomic E-state index is 0.0197. The Morgan fingerprint density at radius 1 is 1.26 bits per heavy atom. The topological polar surface area (TPSA) is 89.7 Å². The van der Waals surface area contributed by atoms with Crippen LogP contribution in [-0.4, -0.2) is 49.0 Å². The number of nitrogens with zero attached hydrogens (tertiary/aromatic N) is 7. The minimum Gasteiger partial charge on any atom is -0.333 e. The number of tetrazole rings is 1. The summed E-state index contributed by atoms with van der Waals surface area (Å²) in [5.41, 5.74) is 5.49. The summed E-state index contributed by atoms with van der Waals surface area (Å²) in [5, 5.41) is 12.4. The predicted molar refractivity (Wildman–Crippen MR) is 101 cm³/mol. The van der Waals surface area contributed by atoms with Crippen molar-refractivity contribution in [2.75, 3.05) is 18.0 Å². The van der Waals surface area contributed by atoms with Crippen molar-refractivity contribution in [1.29, 1.82) is 0 Å². The average molecular weight is 367 g/mol. The van der Waals surface area contributed by atoms with Crippen LogP contribution in [0.2, 0.25) is 0 Å². The molecule has 8 heteroatoms. The zero-order valence-corrected chi connectivity index (χ0v) is 16.1. The molecule has 0 atom stereocenters. The molecule has 0 radical (unpaired) electrons. The maximum absolute atomic E-state index is 12.1. The molecule has 0 spiro atoms. The molecule has 0 saturated heterocycles. The van der Waals surface area contributed by atoms with Crippen LogP contribution in [0.1, 0.15) is 50.2 Å². The summed E-state index contributed by atoms with van der Waals surface area (Å²) in [6, 6.07) is 0. The summed E-state index contributed by atoms with van der Waals surface area (Å²) in [6.45, 7) is 5.47. The molecule has 27 heavy (non-hydrogen) atoms. The number of aryl methyl sites for hydroxylation is 2. The number of carbonyl (C=O) groups is 1. The van der Waals surface area contributed by atoms with Gasteiger partial charge in [0.25, 0.3) is 5.95 Å². The lowest BCUT2D eigenvalue weighted by Gasteiger charge is -2.29. The van der Waals surface area contributed by atoms with E-state index >= 15 is 0 Å². The second-order valence-electron chi connectivity index (χ2n) is 7.64. The highest BCUT2D eigenvalue weighted by atomic mass is 16.1. The molecule has 142 valence electrons. The Morgan fingerprint density at radius 2 is 2.11 bits per heavy atom. The van der Waals surface area contributed by atoms with Gasteiger partial charge in [-0.1, -0.05) is 24.5 Å². The zero-order chi connectivity index (χ0) is 19.0. The van der Waals surface area contributed by atoms with Crippen LogP contribution in [0, 0.1) is 5.92 Å². The van der Waals surface area contributed by atoms with Gasteiger partial charge in [-0.3, -0.25) is 14.8 Å². The van der Waals surface area contributed by atoms with Crippen LogP contribution in [-0.2, 0) is 24.7 Å². The van der Waals surface area contributed by atoms with E-state index in [0.717, 1.165) is 55.9 Å². The molecule has 0 amide bonds. The van der Waals surface area contributed by atoms with Crippen molar-refractivity contribution in [2.24, 2.45) is 13.0 Å². The summed E-state index contributed by atoms with van der Waals surface area (Å²) in [4.78, 5) is 25.3. The van der Waals surface area contributed by atoms with Gasteiger partial charge in [0.1, 0.15) is 5.78 Å². The fourth-order valence-corrected chi connectivity index (χ4v) is 3.72. The molecule has 8 nitrogen and oxygen atoms in total. The first-order valence-corrected chi connectivity index (χ1v) is 9.59. The van der Waals surface area contributed by atoms with Crippen molar-refractivity contribution in [3.8, 4) is 0 Å². The zero-order valence-electron chi connectivity index (χ0n) is 16.1. The molecule has 4 rings (SSSR count). The highest BCUT2D eigenvalue weighted by molar-refractivity contribution is 5.82. The molecule has 0 bridgehead atoms. The van der Waals surface area contributed by atoms with Crippen LogP contribution in [0.3, 0.4) is 0 Å². The lowest BCUT2D eigenvalue weighted by atomic mass is 9.96. The molecular formula is C19H25N7O. The Bertz CT molecular complexity index is 899. The quantitative estimate of drug-likeness (QED) is 0.813. The van der Waals surface area contributed by atoms with Crippen molar-refractivity contribution in [3.63, 3.8) is 0 Å². The maximum atomic E-state index is 12.1. The molecule has 0 N–H and O–H groups in total. The van der Waals surface area contributed by atoms with Crippen molar-refractivity contribution < 1.29 is 4.79 Å². The first-order valence-electron chi connectivity index (χ1n) is 9.59. The Labute approximate surface area is 158 Å². The summed E-state index contributed by atoms with van der Waals surface area (Å²) in [7, 11) is 1.78. The highest BCUT2D eigenvalue weighted by Crippen LogP contribution is 2.34.